The largest absolute Gasteiger partial charge is 0.492 e. The van der Waals surface area contributed by atoms with E-state index >= 15 is 0 Å². The molecule has 0 saturated heterocycles. The number of rotatable bonds is 4. The standard InChI is InChI=1S/C9H12ClNO/c10-7-8-1-3-9(4-2-8)12-6-5-11/h1-4H,5-7,11H2. The molecule has 0 radical (unpaired) electrons. The lowest BCUT2D eigenvalue weighted by Gasteiger charge is -2.03. The first-order chi connectivity index (χ1) is 5.86. The molecular formula is C9H12ClNO. The highest BCUT2D eigenvalue weighted by Gasteiger charge is 1.92. The van der Waals surface area contributed by atoms with E-state index in [2.05, 4.69) is 0 Å². The van der Waals surface area contributed by atoms with Crippen LogP contribution in [0.25, 0.3) is 0 Å². The third-order valence-electron chi connectivity index (χ3n) is 1.46. The maximum atomic E-state index is 5.62. The Morgan fingerprint density at radius 3 is 2.42 bits per heavy atom. The Bertz CT molecular complexity index is 222. The molecule has 0 unspecified atom stereocenters. The SMILES string of the molecule is NCCOc1ccc(CCl)cc1. The van der Waals surface area contributed by atoms with E-state index in [0.29, 0.717) is 19.0 Å². The van der Waals surface area contributed by atoms with Crippen molar-refractivity contribution in [2.75, 3.05) is 13.2 Å². The molecular weight excluding hydrogens is 174 g/mol. The molecule has 0 aromatic heterocycles. The Labute approximate surface area is 77.3 Å². The van der Waals surface area contributed by atoms with Crippen LogP contribution in [-0.2, 0) is 5.88 Å². The molecule has 0 aliphatic heterocycles. The molecule has 1 aromatic carbocycles. The number of halogens is 1. The van der Waals surface area contributed by atoms with E-state index in [1.807, 2.05) is 24.3 Å². The predicted octanol–water partition coefficient (Wildman–Crippen LogP) is 1.76. The van der Waals surface area contributed by atoms with Crippen LogP contribution in [0.2, 0.25) is 0 Å². The number of alkyl halides is 1. The van der Waals surface area contributed by atoms with Crippen LogP contribution < -0.4 is 10.5 Å². The number of ether oxygens (including phenoxy) is 1. The average Bonchev–Trinajstić information content (AvgIpc) is 2.15. The van der Waals surface area contributed by atoms with Crippen LogP contribution in [0.4, 0.5) is 0 Å². The summed E-state index contributed by atoms with van der Waals surface area (Å²) in [4.78, 5) is 0. The van der Waals surface area contributed by atoms with E-state index < -0.39 is 0 Å². The van der Waals surface area contributed by atoms with Crippen molar-refractivity contribution in [3.63, 3.8) is 0 Å². The smallest absolute Gasteiger partial charge is 0.119 e. The van der Waals surface area contributed by atoms with Gasteiger partial charge in [0.25, 0.3) is 0 Å². The minimum atomic E-state index is 0.539. The highest BCUT2D eigenvalue weighted by molar-refractivity contribution is 6.17. The highest BCUT2D eigenvalue weighted by Crippen LogP contribution is 2.12. The van der Waals surface area contributed by atoms with Gasteiger partial charge < -0.3 is 10.5 Å². The number of benzene rings is 1. The zero-order valence-corrected chi connectivity index (χ0v) is 7.55. The minimum absolute atomic E-state index is 0.539. The molecule has 0 fully saturated rings. The second-order valence-electron chi connectivity index (χ2n) is 2.41. The summed E-state index contributed by atoms with van der Waals surface area (Å²) < 4.78 is 5.29. The van der Waals surface area contributed by atoms with E-state index in [4.69, 9.17) is 22.1 Å². The molecule has 0 aliphatic rings. The summed E-state index contributed by atoms with van der Waals surface area (Å²) in [7, 11) is 0. The molecule has 0 bridgehead atoms. The Kier molecular flexibility index (Phi) is 3.91. The van der Waals surface area contributed by atoms with Gasteiger partial charge in [0.1, 0.15) is 12.4 Å². The number of hydrogen-bond acceptors (Lipinski definition) is 2. The van der Waals surface area contributed by atoms with Gasteiger partial charge in [-0.15, -0.1) is 11.6 Å². The fourth-order valence-corrected chi connectivity index (χ4v) is 1.03. The summed E-state index contributed by atoms with van der Waals surface area (Å²) in [6.45, 7) is 1.09. The van der Waals surface area contributed by atoms with Crippen molar-refractivity contribution in [1.29, 1.82) is 0 Å². The first kappa shape index (κ1) is 9.36. The van der Waals surface area contributed by atoms with Crippen LogP contribution in [-0.4, -0.2) is 13.2 Å². The quantitative estimate of drug-likeness (QED) is 0.726. The fraction of sp³-hybridized carbons (Fsp3) is 0.333. The van der Waals surface area contributed by atoms with Gasteiger partial charge in [-0.25, -0.2) is 0 Å². The second-order valence-corrected chi connectivity index (χ2v) is 2.68. The van der Waals surface area contributed by atoms with E-state index in [9.17, 15) is 0 Å². The van der Waals surface area contributed by atoms with Crippen LogP contribution in [0.3, 0.4) is 0 Å². The van der Waals surface area contributed by atoms with Crippen molar-refractivity contribution in [2.45, 2.75) is 5.88 Å². The monoisotopic (exact) mass is 185 g/mol. The number of hydrogen-bond donors (Lipinski definition) is 1. The third-order valence-corrected chi connectivity index (χ3v) is 1.77. The van der Waals surface area contributed by atoms with Gasteiger partial charge in [0.05, 0.1) is 0 Å². The van der Waals surface area contributed by atoms with Crippen LogP contribution in [0.1, 0.15) is 5.56 Å². The molecule has 0 spiro atoms. The van der Waals surface area contributed by atoms with Gasteiger partial charge in [0, 0.05) is 12.4 Å². The predicted molar refractivity (Wildman–Crippen MR) is 50.5 cm³/mol. The van der Waals surface area contributed by atoms with Crippen LogP contribution in [0, 0.1) is 0 Å². The van der Waals surface area contributed by atoms with Gasteiger partial charge in [-0.1, -0.05) is 12.1 Å². The molecule has 12 heavy (non-hydrogen) atoms. The summed E-state index contributed by atoms with van der Waals surface area (Å²) in [5.74, 6) is 1.38. The van der Waals surface area contributed by atoms with Gasteiger partial charge in [-0.2, -0.15) is 0 Å². The lowest BCUT2D eigenvalue weighted by atomic mass is 10.2. The van der Waals surface area contributed by atoms with Crippen molar-refractivity contribution in [1.82, 2.24) is 0 Å². The first-order valence-electron chi connectivity index (χ1n) is 3.84. The molecule has 0 atom stereocenters. The van der Waals surface area contributed by atoms with Crippen molar-refractivity contribution >= 4 is 11.6 Å². The Balaban J connectivity index is 2.53. The lowest BCUT2D eigenvalue weighted by molar-refractivity contribution is 0.328. The van der Waals surface area contributed by atoms with E-state index in [0.717, 1.165) is 11.3 Å². The lowest BCUT2D eigenvalue weighted by Crippen LogP contribution is -2.10. The normalized spacial score (nSPS) is 9.83. The van der Waals surface area contributed by atoms with Crippen molar-refractivity contribution in [3.8, 4) is 5.75 Å². The van der Waals surface area contributed by atoms with Gasteiger partial charge in [0.15, 0.2) is 0 Å². The molecule has 2 N–H and O–H groups in total. The summed E-state index contributed by atoms with van der Waals surface area (Å²) >= 11 is 5.62. The topological polar surface area (TPSA) is 35.2 Å². The molecule has 0 aliphatic carbocycles. The van der Waals surface area contributed by atoms with E-state index in [1.165, 1.54) is 0 Å². The van der Waals surface area contributed by atoms with Crippen molar-refractivity contribution < 1.29 is 4.74 Å². The molecule has 3 heteroatoms. The van der Waals surface area contributed by atoms with Crippen LogP contribution >= 0.6 is 11.6 Å². The third kappa shape index (κ3) is 2.72. The molecule has 1 aromatic rings. The maximum Gasteiger partial charge on any atom is 0.119 e. The Hall–Kier alpha value is -0.730. The molecule has 0 amide bonds. The minimum Gasteiger partial charge on any atom is -0.492 e. The summed E-state index contributed by atoms with van der Waals surface area (Å²) in [6.07, 6.45) is 0. The van der Waals surface area contributed by atoms with E-state index in [1.54, 1.807) is 0 Å². The highest BCUT2D eigenvalue weighted by atomic mass is 35.5. The summed E-state index contributed by atoms with van der Waals surface area (Å²) in [5.41, 5.74) is 6.38. The summed E-state index contributed by atoms with van der Waals surface area (Å²) in [5, 5.41) is 0. The maximum absolute atomic E-state index is 5.62. The molecule has 0 heterocycles. The molecule has 1 rings (SSSR count). The van der Waals surface area contributed by atoms with Gasteiger partial charge in [-0.3, -0.25) is 0 Å². The van der Waals surface area contributed by atoms with Gasteiger partial charge in [-0.05, 0) is 17.7 Å². The second kappa shape index (κ2) is 5.01. The van der Waals surface area contributed by atoms with Gasteiger partial charge >= 0.3 is 0 Å². The Morgan fingerprint density at radius 2 is 1.92 bits per heavy atom. The fourth-order valence-electron chi connectivity index (χ4n) is 0.852. The zero-order valence-electron chi connectivity index (χ0n) is 6.79. The first-order valence-corrected chi connectivity index (χ1v) is 4.38. The molecule has 2 nitrogen and oxygen atoms in total. The van der Waals surface area contributed by atoms with Gasteiger partial charge in [0.2, 0.25) is 0 Å². The van der Waals surface area contributed by atoms with Crippen molar-refractivity contribution in [2.24, 2.45) is 5.73 Å². The molecule has 0 saturated carbocycles. The average molecular weight is 186 g/mol. The summed E-state index contributed by atoms with van der Waals surface area (Å²) in [6, 6.07) is 7.68. The number of nitrogens with two attached hydrogens (primary N) is 1. The van der Waals surface area contributed by atoms with Crippen LogP contribution in [0.15, 0.2) is 24.3 Å². The Morgan fingerprint density at radius 1 is 1.25 bits per heavy atom. The van der Waals surface area contributed by atoms with Crippen LogP contribution in [0.5, 0.6) is 5.75 Å². The van der Waals surface area contributed by atoms with E-state index in [-0.39, 0.29) is 0 Å². The van der Waals surface area contributed by atoms with Crippen molar-refractivity contribution in [3.05, 3.63) is 29.8 Å². The zero-order chi connectivity index (χ0) is 8.81. The molecule has 66 valence electrons.